The third-order valence-corrected chi connectivity index (χ3v) is 4.68. The second-order valence-corrected chi connectivity index (χ2v) is 6.93. The zero-order chi connectivity index (χ0) is 16.8. The zero-order valence-corrected chi connectivity index (χ0v) is 15.1. The number of nitrogens with zero attached hydrogens (tertiary/aromatic N) is 4. The highest BCUT2D eigenvalue weighted by atomic mass is 79.9. The maximum absolute atomic E-state index is 12.2. The first-order chi connectivity index (χ1) is 11.0. The van der Waals surface area contributed by atoms with Crippen molar-refractivity contribution in [1.82, 2.24) is 15.1 Å². The molecule has 1 amide bonds. The smallest absolute Gasteiger partial charge is 0.277 e. The summed E-state index contributed by atoms with van der Waals surface area (Å²) in [6, 6.07) is 9.57. The average Bonchev–Trinajstić information content (AvgIpc) is 3.00. The Bertz CT molecular complexity index is 728. The number of amides is 1. The average molecular weight is 395 g/mol. The number of carbonyl (C=O) groups is 1. The van der Waals surface area contributed by atoms with Crippen molar-refractivity contribution in [2.45, 2.75) is 23.8 Å². The number of carbonyl (C=O) groups excluding carboxylic acids is 1. The van der Waals surface area contributed by atoms with Gasteiger partial charge in [-0.25, -0.2) is 0 Å². The molecule has 0 radical (unpaired) electrons. The van der Waals surface area contributed by atoms with Gasteiger partial charge in [0.1, 0.15) is 0 Å². The van der Waals surface area contributed by atoms with E-state index in [1.807, 2.05) is 30.3 Å². The number of thioether (sulfide) groups is 1. The third kappa shape index (κ3) is 4.56. The molecular weight excluding hydrogens is 380 g/mol. The van der Waals surface area contributed by atoms with E-state index in [9.17, 15) is 4.79 Å². The minimum absolute atomic E-state index is 0.0779. The van der Waals surface area contributed by atoms with Gasteiger partial charge in [0.05, 0.1) is 23.3 Å². The zero-order valence-electron chi connectivity index (χ0n) is 12.7. The van der Waals surface area contributed by atoms with Crippen LogP contribution < -0.4 is 0 Å². The number of halogens is 1. The van der Waals surface area contributed by atoms with Crippen LogP contribution in [-0.4, -0.2) is 39.8 Å². The van der Waals surface area contributed by atoms with Gasteiger partial charge in [-0.05, 0) is 35.0 Å². The first-order valence-corrected chi connectivity index (χ1v) is 8.57. The topological polar surface area (TPSA) is 83.0 Å². The molecule has 2 aromatic rings. The van der Waals surface area contributed by atoms with Gasteiger partial charge in [-0.2, -0.15) is 5.26 Å². The minimum atomic E-state index is -0.369. The molecule has 0 aliphatic carbocycles. The van der Waals surface area contributed by atoms with Crippen molar-refractivity contribution in [2.75, 3.05) is 13.6 Å². The first-order valence-electron chi connectivity index (χ1n) is 6.90. The molecule has 1 atom stereocenters. The molecule has 0 N–H and O–H groups in total. The molecule has 0 aliphatic rings. The standard InChI is InChI=1S/C15H15BrN4O2S/c1-10(14(21)20(2)9-5-8-17)23-15-19-18-13(22-15)11-6-3-4-7-12(11)16/h3-4,6-7,10H,5,9H2,1-2H3/t10-/m0/s1. The van der Waals surface area contributed by atoms with Gasteiger partial charge in [-0.3, -0.25) is 4.79 Å². The highest BCUT2D eigenvalue weighted by Crippen LogP contribution is 2.30. The van der Waals surface area contributed by atoms with Gasteiger partial charge < -0.3 is 9.32 Å². The Hall–Kier alpha value is -1.85. The van der Waals surface area contributed by atoms with Crippen molar-refractivity contribution < 1.29 is 9.21 Å². The summed E-state index contributed by atoms with van der Waals surface area (Å²) in [6.07, 6.45) is 0.312. The van der Waals surface area contributed by atoms with Crippen molar-refractivity contribution in [3.05, 3.63) is 28.7 Å². The van der Waals surface area contributed by atoms with Gasteiger partial charge in [0.15, 0.2) is 0 Å². The lowest BCUT2D eigenvalue weighted by atomic mass is 10.2. The Morgan fingerprint density at radius 2 is 2.22 bits per heavy atom. The lowest BCUT2D eigenvalue weighted by molar-refractivity contribution is -0.128. The molecule has 1 heterocycles. The van der Waals surface area contributed by atoms with Crippen LogP contribution in [0.4, 0.5) is 0 Å². The molecule has 8 heteroatoms. The van der Waals surface area contributed by atoms with Gasteiger partial charge in [0, 0.05) is 18.1 Å². The molecule has 2 rings (SSSR count). The van der Waals surface area contributed by atoms with Crippen LogP contribution in [0, 0.1) is 11.3 Å². The highest BCUT2D eigenvalue weighted by Gasteiger charge is 2.21. The number of hydrogen-bond acceptors (Lipinski definition) is 6. The van der Waals surface area contributed by atoms with E-state index in [0.29, 0.717) is 24.1 Å². The van der Waals surface area contributed by atoms with Crippen molar-refractivity contribution in [3.8, 4) is 17.5 Å². The van der Waals surface area contributed by atoms with E-state index in [4.69, 9.17) is 9.68 Å². The molecule has 0 fully saturated rings. The quantitative estimate of drug-likeness (QED) is 0.698. The van der Waals surface area contributed by atoms with E-state index in [1.54, 1.807) is 14.0 Å². The van der Waals surface area contributed by atoms with Crippen LogP contribution in [0.2, 0.25) is 0 Å². The van der Waals surface area contributed by atoms with Crippen LogP contribution in [-0.2, 0) is 4.79 Å². The molecule has 0 unspecified atom stereocenters. The lowest BCUT2D eigenvalue weighted by Gasteiger charge is -2.18. The predicted molar refractivity (Wildman–Crippen MR) is 90.6 cm³/mol. The monoisotopic (exact) mass is 394 g/mol. The first kappa shape index (κ1) is 17.5. The summed E-state index contributed by atoms with van der Waals surface area (Å²) in [5.41, 5.74) is 0.803. The van der Waals surface area contributed by atoms with Gasteiger partial charge in [0.2, 0.25) is 11.8 Å². The number of aromatic nitrogens is 2. The Labute approximate surface area is 147 Å². The Morgan fingerprint density at radius 3 is 2.91 bits per heavy atom. The highest BCUT2D eigenvalue weighted by molar-refractivity contribution is 9.10. The molecule has 23 heavy (non-hydrogen) atoms. The summed E-state index contributed by atoms with van der Waals surface area (Å²) < 4.78 is 6.48. The minimum Gasteiger partial charge on any atom is -0.411 e. The van der Waals surface area contributed by atoms with Gasteiger partial charge in [0.25, 0.3) is 5.22 Å². The van der Waals surface area contributed by atoms with Crippen LogP contribution in [0.25, 0.3) is 11.5 Å². The molecule has 120 valence electrons. The maximum Gasteiger partial charge on any atom is 0.277 e. The fraction of sp³-hybridized carbons (Fsp3) is 0.333. The van der Waals surface area contributed by atoms with Gasteiger partial charge in [-0.1, -0.05) is 23.9 Å². The van der Waals surface area contributed by atoms with E-state index >= 15 is 0 Å². The number of hydrogen-bond donors (Lipinski definition) is 0. The molecule has 1 aromatic carbocycles. The summed E-state index contributed by atoms with van der Waals surface area (Å²) in [5, 5.41) is 16.5. The molecule has 1 aromatic heterocycles. The lowest BCUT2D eigenvalue weighted by Crippen LogP contribution is -2.33. The van der Waals surface area contributed by atoms with Crippen LogP contribution in [0.3, 0.4) is 0 Å². The van der Waals surface area contributed by atoms with Crippen LogP contribution in [0.5, 0.6) is 0 Å². The molecule has 0 saturated heterocycles. The summed E-state index contributed by atoms with van der Waals surface area (Å²) in [4.78, 5) is 13.7. The summed E-state index contributed by atoms with van der Waals surface area (Å²) in [5.74, 6) is 0.323. The van der Waals surface area contributed by atoms with Crippen molar-refractivity contribution in [3.63, 3.8) is 0 Å². The SMILES string of the molecule is C[C@H](Sc1nnc(-c2ccccc2Br)o1)C(=O)N(C)CCC#N. The van der Waals surface area contributed by atoms with E-state index in [1.165, 1.54) is 16.7 Å². The van der Waals surface area contributed by atoms with E-state index < -0.39 is 0 Å². The number of rotatable bonds is 6. The number of benzene rings is 1. The van der Waals surface area contributed by atoms with Gasteiger partial charge in [-0.15, -0.1) is 10.2 Å². The molecule has 0 aliphatic heterocycles. The Kier molecular flexibility index (Phi) is 6.19. The van der Waals surface area contributed by atoms with Crippen LogP contribution >= 0.6 is 27.7 Å². The number of nitriles is 1. The Balaban J connectivity index is 2.03. The largest absolute Gasteiger partial charge is 0.411 e. The second kappa shape index (κ2) is 8.13. The second-order valence-electron chi connectivity index (χ2n) is 4.78. The Morgan fingerprint density at radius 1 is 1.48 bits per heavy atom. The molecule has 0 spiro atoms. The molecule has 6 nitrogen and oxygen atoms in total. The summed E-state index contributed by atoms with van der Waals surface area (Å²) in [6.45, 7) is 2.18. The van der Waals surface area contributed by atoms with E-state index in [0.717, 1.165) is 10.0 Å². The third-order valence-electron chi connectivity index (χ3n) is 3.07. The van der Waals surface area contributed by atoms with Crippen molar-refractivity contribution in [1.29, 1.82) is 5.26 Å². The van der Waals surface area contributed by atoms with E-state index in [-0.39, 0.29) is 11.2 Å². The molecule has 0 saturated carbocycles. The summed E-state index contributed by atoms with van der Waals surface area (Å²) in [7, 11) is 1.68. The molecular formula is C15H15BrN4O2S. The maximum atomic E-state index is 12.2. The van der Waals surface area contributed by atoms with E-state index in [2.05, 4.69) is 26.1 Å². The molecule has 0 bridgehead atoms. The van der Waals surface area contributed by atoms with Crippen molar-refractivity contribution >= 4 is 33.6 Å². The normalized spacial score (nSPS) is 11.7. The predicted octanol–water partition coefficient (Wildman–Crippen LogP) is 3.35. The fourth-order valence-electron chi connectivity index (χ4n) is 1.84. The van der Waals surface area contributed by atoms with Crippen LogP contribution in [0.15, 0.2) is 38.4 Å². The van der Waals surface area contributed by atoms with Crippen molar-refractivity contribution in [2.24, 2.45) is 0 Å². The van der Waals surface area contributed by atoms with Crippen LogP contribution in [0.1, 0.15) is 13.3 Å². The van der Waals surface area contributed by atoms with Gasteiger partial charge >= 0.3 is 0 Å². The summed E-state index contributed by atoms with van der Waals surface area (Å²) >= 11 is 4.64. The fourth-order valence-corrected chi connectivity index (χ4v) is 3.09.